The maximum absolute atomic E-state index is 13.3. The summed E-state index contributed by atoms with van der Waals surface area (Å²) in [6, 6.07) is 16.1. The number of nitrogens with one attached hydrogen (secondary N) is 1. The maximum Gasteiger partial charge on any atom is 0.335 e. The van der Waals surface area contributed by atoms with E-state index in [1.807, 2.05) is 25.1 Å². The third-order valence-electron chi connectivity index (χ3n) is 5.64. The van der Waals surface area contributed by atoms with Crippen LogP contribution in [-0.4, -0.2) is 31.2 Å². The molecule has 0 radical (unpaired) electrons. The van der Waals surface area contributed by atoms with E-state index in [2.05, 4.69) is 5.32 Å². The van der Waals surface area contributed by atoms with Gasteiger partial charge in [-0.1, -0.05) is 35.9 Å². The van der Waals surface area contributed by atoms with Gasteiger partial charge >= 0.3 is 6.03 Å². The first kappa shape index (κ1) is 24.2. The normalized spacial score (nSPS) is 15.7. The zero-order valence-electron chi connectivity index (χ0n) is 19.7. The largest absolute Gasteiger partial charge is 0.490 e. The molecule has 3 aromatic carbocycles. The summed E-state index contributed by atoms with van der Waals surface area (Å²) in [5, 5.41) is 2.80. The molecule has 37 heavy (non-hydrogen) atoms. The zero-order chi connectivity index (χ0) is 25.9. The van der Waals surface area contributed by atoms with Crippen molar-refractivity contribution >= 4 is 41.2 Å². The van der Waals surface area contributed by atoms with E-state index in [1.54, 1.807) is 30.3 Å². The molecule has 9 nitrogen and oxygen atoms in total. The molecule has 0 saturated carbocycles. The minimum absolute atomic E-state index is 0.0445. The number of hydrogen-bond acceptors (Lipinski definition) is 7. The van der Waals surface area contributed by atoms with E-state index >= 15 is 0 Å². The summed E-state index contributed by atoms with van der Waals surface area (Å²) in [6.07, 6.45) is 1.39. The standard InChI is InChI=1S/C27H21ClN2O7/c1-2-34-23-12-16(7-9-21(23)35-14-17-5-3-4-6-20(17)28)11-19-25(31)29-27(33)30(26(19)32)18-8-10-22-24(13-18)37-15-36-22/h3-13H,2,14-15H2,1H3,(H,29,31,33)/b19-11+. The first-order valence-corrected chi connectivity index (χ1v) is 11.8. The van der Waals surface area contributed by atoms with Crippen LogP contribution < -0.4 is 29.2 Å². The fourth-order valence-electron chi connectivity index (χ4n) is 3.86. The number of benzene rings is 3. The first-order valence-electron chi connectivity index (χ1n) is 11.4. The average Bonchev–Trinajstić information content (AvgIpc) is 3.35. The van der Waals surface area contributed by atoms with Crippen LogP contribution >= 0.6 is 11.6 Å². The zero-order valence-corrected chi connectivity index (χ0v) is 20.4. The summed E-state index contributed by atoms with van der Waals surface area (Å²) in [4.78, 5) is 39.3. The highest BCUT2D eigenvalue weighted by Crippen LogP contribution is 2.37. The number of nitrogens with zero attached hydrogens (tertiary/aromatic N) is 1. The first-order chi connectivity index (χ1) is 17.9. The Balaban J connectivity index is 1.42. The third-order valence-corrected chi connectivity index (χ3v) is 6.00. The average molecular weight is 521 g/mol. The van der Waals surface area contributed by atoms with Gasteiger partial charge in [0.2, 0.25) is 6.79 Å². The van der Waals surface area contributed by atoms with Gasteiger partial charge in [-0.3, -0.25) is 14.9 Å². The van der Waals surface area contributed by atoms with Crippen molar-refractivity contribution in [2.75, 3.05) is 18.3 Å². The second-order valence-corrected chi connectivity index (χ2v) is 8.42. The van der Waals surface area contributed by atoms with E-state index < -0.39 is 17.8 Å². The Morgan fingerprint density at radius 1 is 0.973 bits per heavy atom. The highest BCUT2D eigenvalue weighted by molar-refractivity contribution is 6.39. The molecule has 2 aliphatic heterocycles. The molecule has 0 atom stereocenters. The number of carbonyl (C=O) groups excluding carboxylic acids is 3. The molecule has 5 rings (SSSR count). The van der Waals surface area contributed by atoms with Crippen molar-refractivity contribution in [2.45, 2.75) is 13.5 Å². The quantitative estimate of drug-likeness (QED) is 0.355. The van der Waals surface area contributed by atoms with Crippen LogP contribution in [0.3, 0.4) is 0 Å². The van der Waals surface area contributed by atoms with Gasteiger partial charge in [0.05, 0.1) is 12.3 Å². The van der Waals surface area contributed by atoms with Gasteiger partial charge in [0.25, 0.3) is 11.8 Å². The topological polar surface area (TPSA) is 103 Å². The van der Waals surface area contributed by atoms with E-state index in [0.29, 0.717) is 40.2 Å². The highest BCUT2D eigenvalue weighted by atomic mass is 35.5. The van der Waals surface area contributed by atoms with Crippen molar-refractivity contribution in [1.29, 1.82) is 0 Å². The summed E-state index contributed by atoms with van der Waals surface area (Å²) in [5.74, 6) is 0.223. The van der Waals surface area contributed by atoms with Gasteiger partial charge in [-0.15, -0.1) is 0 Å². The summed E-state index contributed by atoms with van der Waals surface area (Å²) >= 11 is 6.22. The van der Waals surface area contributed by atoms with Gasteiger partial charge in [0.1, 0.15) is 12.2 Å². The molecule has 0 aromatic heterocycles. The monoisotopic (exact) mass is 520 g/mol. The molecule has 0 unspecified atom stereocenters. The van der Waals surface area contributed by atoms with Gasteiger partial charge in [0.15, 0.2) is 23.0 Å². The molecular weight excluding hydrogens is 500 g/mol. The van der Waals surface area contributed by atoms with Crippen molar-refractivity contribution < 1.29 is 33.3 Å². The number of urea groups is 1. The number of fused-ring (bicyclic) bond motifs is 1. The second kappa shape index (κ2) is 10.2. The van der Waals surface area contributed by atoms with E-state index in [0.717, 1.165) is 10.5 Å². The molecule has 10 heteroatoms. The molecule has 1 N–H and O–H groups in total. The number of halogens is 1. The molecule has 1 fully saturated rings. The fourth-order valence-corrected chi connectivity index (χ4v) is 4.05. The summed E-state index contributed by atoms with van der Waals surface area (Å²) in [5.41, 5.74) is 1.34. The van der Waals surface area contributed by atoms with Crippen molar-refractivity contribution in [3.63, 3.8) is 0 Å². The number of carbonyl (C=O) groups is 3. The molecule has 1 saturated heterocycles. The Bertz CT molecular complexity index is 1440. The Labute approximate surface area is 217 Å². The minimum atomic E-state index is -0.857. The number of anilines is 1. The van der Waals surface area contributed by atoms with Crippen LogP contribution in [0.5, 0.6) is 23.0 Å². The lowest BCUT2D eigenvalue weighted by Gasteiger charge is -2.26. The number of barbiturate groups is 1. The summed E-state index contributed by atoms with van der Waals surface area (Å²) < 4.78 is 22.3. The van der Waals surface area contributed by atoms with E-state index in [9.17, 15) is 14.4 Å². The predicted molar refractivity (Wildman–Crippen MR) is 135 cm³/mol. The van der Waals surface area contributed by atoms with Crippen molar-refractivity contribution in [3.8, 4) is 23.0 Å². The van der Waals surface area contributed by atoms with Crippen LogP contribution in [0.2, 0.25) is 5.02 Å². The molecule has 3 aromatic rings. The van der Waals surface area contributed by atoms with E-state index in [4.69, 9.17) is 30.5 Å². The molecule has 2 heterocycles. The Hall–Kier alpha value is -4.50. The van der Waals surface area contributed by atoms with Crippen LogP contribution in [0, 0.1) is 0 Å². The number of amides is 4. The molecule has 0 bridgehead atoms. The van der Waals surface area contributed by atoms with Crippen LogP contribution in [0.4, 0.5) is 10.5 Å². The predicted octanol–water partition coefficient (Wildman–Crippen LogP) is 4.71. The van der Waals surface area contributed by atoms with Crippen LogP contribution in [0.1, 0.15) is 18.1 Å². The Kier molecular flexibility index (Phi) is 6.70. The molecule has 2 aliphatic rings. The van der Waals surface area contributed by atoms with Crippen LogP contribution in [0.25, 0.3) is 6.08 Å². The second-order valence-electron chi connectivity index (χ2n) is 8.01. The maximum atomic E-state index is 13.3. The molecule has 188 valence electrons. The van der Waals surface area contributed by atoms with Crippen LogP contribution in [-0.2, 0) is 16.2 Å². The van der Waals surface area contributed by atoms with Gasteiger partial charge in [-0.2, -0.15) is 0 Å². The van der Waals surface area contributed by atoms with Gasteiger partial charge in [-0.25, -0.2) is 9.69 Å². The van der Waals surface area contributed by atoms with E-state index in [1.165, 1.54) is 18.2 Å². The highest BCUT2D eigenvalue weighted by Gasteiger charge is 2.37. The lowest BCUT2D eigenvalue weighted by atomic mass is 10.1. The lowest BCUT2D eigenvalue weighted by molar-refractivity contribution is -0.122. The van der Waals surface area contributed by atoms with E-state index in [-0.39, 0.29) is 24.7 Å². The van der Waals surface area contributed by atoms with Crippen molar-refractivity contribution in [1.82, 2.24) is 5.32 Å². The third kappa shape index (κ3) is 4.94. The van der Waals surface area contributed by atoms with Gasteiger partial charge < -0.3 is 18.9 Å². The summed E-state index contributed by atoms with van der Waals surface area (Å²) in [7, 11) is 0. The molecule has 4 amide bonds. The Morgan fingerprint density at radius 2 is 1.78 bits per heavy atom. The number of hydrogen-bond donors (Lipinski definition) is 1. The fraction of sp³-hybridized carbons (Fsp3) is 0.148. The lowest BCUT2D eigenvalue weighted by Crippen LogP contribution is -2.54. The summed E-state index contributed by atoms with van der Waals surface area (Å²) in [6.45, 7) is 2.47. The van der Waals surface area contributed by atoms with Crippen LogP contribution in [0.15, 0.2) is 66.2 Å². The van der Waals surface area contributed by atoms with Crippen molar-refractivity contribution in [2.24, 2.45) is 0 Å². The van der Waals surface area contributed by atoms with Gasteiger partial charge in [-0.05, 0) is 48.9 Å². The molecule has 0 spiro atoms. The smallest absolute Gasteiger partial charge is 0.335 e. The number of rotatable bonds is 7. The molecular formula is C27H21ClN2O7. The minimum Gasteiger partial charge on any atom is -0.490 e. The Morgan fingerprint density at radius 3 is 2.59 bits per heavy atom. The van der Waals surface area contributed by atoms with Gasteiger partial charge in [0, 0.05) is 16.7 Å². The molecule has 0 aliphatic carbocycles. The van der Waals surface area contributed by atoms with Crippen molar-refractivity contribution in [3.05, 3.63) is 82.4 Å². The SMILES string of the molecule is CCOc1cc(/C=C2\C(=O)NC(=O)N(c3ccc4c(c3)OCO4)C2=O)ccc1OCc1ccccc1Cl. The number of ether oxygens (including phenoxy) is 4. The number of imide groups is 2.